The smallest absolute Gasteiger partial charge is 0.271 e. The minimum Gasteiger partial charge on any atom is -0.350 e. The number of carbonyl (C=O) groups is 1. The van der Waals surface area contributed by atoms with Gasteiger partial charge in [0.2, 0.25) is 0 Å². The van der Waals surface area contributed by atoms with Gasteiger partial charge in [0.1, 0.15) is 5.69 Å². The Labute approximate surface area is 162 Å². The molecule has 2 aromatic rings. The molecule has 1 N–H and O–H groups in total. The second-order valence-electron chi connectivity index (χ2n) is 9.35. The lowest BCUT2D eigenvalue weighted by Crippen LogP contribution is -2.39. The average molecular weight is 366 g/mol. The van der Waals surface area contributed by atoms with Crippen molar-refractivity contribution in [3.05, 3.63) is 53.3 Å². The van der Waals surface area contributed by atoms with Crippen molar-refractivity contribution in [1.82, 2.24) is 15.1 Å². The highest BCUT2D eigenvalue weighted by molar-refractivity contribution is 5.92. The van der Waals surface area contributed by atoms with Crippen LogP contribution in [0, 0.1) is 0 Å². The van der Waals surface area contributed by atoms with Crippen molar-refractivity contribution in [3.8, 4) is 0 Å². The van der Waals surface area contributed by atoms with Crippen molar-refractivity contribution in [3.63, 3.8) is 0 Å². The van der Waals surface area contributed by atoms with Gasteiger partial charge in [-0.15, -0.1) is 0 Å². The zero-order valence-electron chi connectivity index (χ0n) is 16.8. The SMILES string of the molecule is CC(C)(C)n1nc(C(=O)NCC2(c3ccccc3)CCCC2)cc1C1CC1. The molecule has 0 spiro atoms. The second kappa shape index (κ2) is 6.81. The number of hydrogen-bond donors (Lipinski definition) is 1. The van der Waals surface area contributed by atoms with Gasteiger partial charge in [0.25, 0.3) is 5.91 Å². The lowest BCUT2D eigenvalue weighted by Gasteiger charge is -2.30. The molecule has 2 saturated carbocycles. The van der Waals surface area contributed by atoms with Crippen molar-refractivity contribution >= 4 is 5.91 Å². The summed E-state index contributed by atoms with van der Waals surface area (Å²) in [6, 6.07) is 12.7. The summed E-state index contributed by atoms with van der Waals surface area (Å²) in [5.41, 5.74) is 3.09. The van der Waals surface area contributed by atoms with Crippen LogP contribution >= 0.6 is 0 Å². The van der Waals surface area contributed by atoms with Crippen LogP contribution in [0.2, 0.25) is 0 Å². The van der Waals surface area contributed by atoms with Crippen LogP contribution in [0.4, 0.5) is 0 Å². The van der Waals surface area contributed by atoms with Crippen molar-refractivity contribution in [1.29, 1.82) is 0 Å². The molecule has 2 fully saturated rings. The monoisotopic (exact) mass is 365 g/mol. The fraction of sp³-hybridized carbons (Fsp3) is 0.565. The molecule has 0 atom stereocenters. The van der Waals surface area contributed by atoms with Crippen LogP contribution < -0.4 is 5.32 Å². The first-order valence-electron chi connectivity index (χ1n) is 10.3. The second-order valence-corrected chi connectivity index (χ2v) is 9.35. The third kappa shape index (κ3) is 3.67. The van der Waals surface area contributed by atoms with Gasteiger partial charge in [0, 0.05) is 23.6 Å². The van der Waals surface area contributed by atoms with Crippen molar-refractivity contribution in [2.45, 2.75) is 76.2 Å². The first-order valence-corrected chi connectivity index (χ1v) is 10.3. The van der Waals surface area contributed by atoms with E-state index >= 15 is 0 Å². The van der Waals surface area contributed by atoms with Crippen LogP contribution in [0.5, 0.6) is 0 Å². The molecule has 144 valence electrons. The third-order valence-corrected chi connectivity index (χ3v) is 6.13. The van der Waals surface area contributed by atoms with Gasteiger partial charge in [-0.25, -0.2) is 0 Å². The van der Waals surface area contributed by atoms with E-state index in [2.05, 4.69) is 66.2 Å². The van der Waals surface area contributed by atoms with Crippen LogP contribution in [0.25, 0.3) is 0 Å². The normalized spacial score (nSPS) is 19.2. The Hall–Kier alpha value is -2.10. The maximum Gasteiger partial charge on any atom is 0.271 e. The Kier molecular flexibility index (Phi) is 4.61. The molecule has 1 heterocycles. The Balaban J connectivity index is 1.52. The molecule has 4 nitrogen and oxygen atoms in total. The van der Waals surface area contributed by atoms with Gasteiger partial charge in [-0.3, -0.25) is 9.48 Å². The van der Waals surface area contributed by atoms with E-state index in [1.165, 1.54) is 36.9 Å². The van der Waals surface area contributed by atoms with Crippen molar-refractivity contribution < 1.29 is 4.79 Å². The Bertz CT molecular complexity index is 806. The van der Waals surface area contributed by atoms with E-state index in [1.807, 2.05) is 6.07 Å². The van der Waals surface area contributed by atoms with Gasteiger partial charge >= 0.3 is 0 Å². The summed E-state index contributed by atoms with van der Waals surface area (Å²) >= 11 is 0. The number of amides is 1. The molecule has 4 heteroatoms. The number of nitrogens with one attached hydrogen (secondary N) is 1. The largest absolute Gasteiger partial charge is 0.350 e. The lowest BCUT2D eigenvalue weighted by atomic mass is 9.79. The van der Waals surface area contributed by atoms with Gasteiger partial charge in [-0.2, -0.15) is 5.10 Å². The summed E-state index contributed by atoms with van der Waals surface area (Å²) in [7, 11) is 0. The highest BCUT2D eigenvalue weighted by Crippen LogP contribution is 2.42. The molecule has 2 aliphatic rings. The fourth-order valence-corrected chi connectivity index (χ4v) is 4.46. The van der Waals surface area contributed by atoms with E-state index in [0.717, 1.165) is 12.8 Å². The highest BCUT2D eigenvalue weighted by Gasteiger charge is 2.37. The number of rotatable bonds is 5. The molecule has 27 heavy (non-hydrogen) atoms. The van der Waals surface area contributed by atoms with E-state index in [-0.39, 0.29) is 16.9 Å². The van der Waals surface area contributed by atoms with E-state index in [4.69, 9.17) is 0 Å². The van der Waals surface area contributed by atoms with Gasteiger partial charge < -0.3 is 5.32 Å². The van der Waals surface area contributed by atoms with Crippen LogP contribution in [0.1, 0.15) is 87.0 Å². The van der Waals surface area contributed by atoms with E-state index < -0.39 is 0 Å². The maximum atomic E-state index is 12.9. The minimum atomic E-state index is -0.104. The van der Waals surface area contributed by atoms with Crippen LogP contribution in [0.15, 0.2) is 36.4 Å². The quantitative estimate of drug-likeness (QED) is 0.830. The van der Waals surface area contributed by atoms with Gasteiger partial charge in [0.15, 0.2) is 0 Å². The zero-order chi connectivity index (χ0) is 19.1. The van der Waals surface area contributed by atoms with Crippen molar-refractivity contribution in [2.75, 3.05) is 6.54 Å². The predicted octanol–water partition coefficient (Wildman–Crippen LogP) is 4.76. The molecule has 0 aliphatic heterocycles. The zero-order valence-corrected chi connectivity index (χ0v) is 16.8. The molecular formula is C23H31N3O. The van der Waals surface area contributed by atoms with Crippen LogP contribution in [-0.4, -0.2) is 22.2 Å². The summed E-state index contributed by atoms with van der Waals surface area (Å²) in [6.45, 7) is 7.14. The minimum absolute atomic E-state index is 0.0397. The summed E-state index contributed by atoms with van der Waals surface area (Å²) in [5, 5.41) is 7.90. The Morgan fingerprint density at radius 1 is 1.19 bits per heavy atom. The number of aromatic nitrogens is 2. The summed E-state index contributed by atoms with van der Waals surface area (Å²) < 4.78 is 2.06. The number of benzene rings is 1. The fourth-order valence-electron chi connectivity index (χ4n) is 4.46. The standard InChI is InChI=1S/C23H31N3O/c1-22(2,3)26-20(17-11-12-17)15-19(25-26)21(27)24-16-23(13-7-8-14-23)18-9-5-4-6-10-18/h4-6,9-10,15,17H,7-8,11-14,16H2,1-3H3,(H,24,27). The molecule has 0 radical (unpaired) electrons. The molecule has 2 aliphatic carbocycles. The molecule has 1 amide bonds. The molecule has 0 saturated heterocycles. The van der Waals surface area contributed by atoms with E-state index in [0.29, 0.717) is 18.2 Å². The summed E-state index contributed by atoms with van der Waals surface area (Å²) in [5.74, 6) is 0.533. The first-order chi connectivity index (χ1) is 12.9. The van der Waals surface area contributed by atoms with Crippen LogP contribution in [0.3, 0.4) is 0 Å². The Morgan fingerprint density at radius 3 is 2.44 bits per heavy atom. The predicted molar refractivity (Wildman–Crippen MR) is 108 cm³/mol. The molecule has 1 aromatic heterocycles. The maximum absolute atomic E-state index is 12.9. The molecule has 1 aromatic carbocycles. The highest BCUT2D eigenvalue weighted by atomic mass is 16.1. The van der Waals surface area contributed by atoms with Gasteiger partial charge in [-0.05, 0) is 58.1 Å². The topological polar surface area (TPSA) is 46.9 Å². The average Bonchev–Trinajstić information content (AvgIpc) is 3.20. The van der Waals surface area contributed by atoms with Crippen LogP contribution in [-0.2, 0) is 11.0 Å². The number of nitrogens with zero attached hydrogens (tertiary/aromatic N) is 2. The van der Waals surface area contributed by atoms with E-state index in [9.17, 15) is 4.79 Å². The first kappa shape index (κ1) is 18.3. The molecule has 4 rings (SSSR count). The van der Waals surface area contributed by atoms with Crippen molar-refractivity contribution in [2.24, 2.45) is 0 Å². The molecule has 0 bridgehead atoms. The van der Waals surface area contributed by atoms with E-state index in [1.54, 1.807) is 0 Å². The molecular weight excluding hydrogens is 334 g/mol. The molecule has 0 unspecified atom stereocenters. The lowest BCUT2D eigenvalue weighted by molar-refractivity contribution is 0.0936. The third-order valence-electron chi connectivity index (χ3n) is 6.13. The number of hydrogen-bond acceptors (Lipinski definition) is 2. The van der Waals surface area contributed by atoms with Gasteiger partial charge in [0.05, 0.1) is 5.54 Å². The van der Waals surface area contributed by atoms with Gasteiger partial charge in [-0.1, -0.05) is 43.2 Å². The number of carbonyl (C=O) groups excluding carboxylic acids is 1. The Morgan fingerprint density at radius 2 is 1.85 bits per heavy atom. The summed E-state index contributed by atoms with van der Waals surface area (Å²) in [4.78, 5) is 12.9. The summed E-state index contributed by atoms with van der Waals surface area (Å²) in [6.07, 6.45) is 7.16.